The number of hydrogen-bond acceptors (Lipinski definition) is 4. The molecule has 2 fully saturated rings. The van der Waals surface area contributed by atoms with E-state index in [1.165, 1.54) is 50.5 Å². The number of ether oxygens (including phenoxy) is 3. The molecule has 0 spiro atoms. The van der Waals surface area contributed by atoms with Gasteiger partial charge in [-0.15, -0.1) is 0 Å². The Morgan fingerprint density at radius 1 is 1.00 bits per heavy atom. The van der Waals surface area contributed by atoms with Crippen LogP contribution >= 0.6 is 0 Å². The molecule has 3 aliphatic rings. The highest BCUT2D eigenvalue weighted by Gasteiger charge is 2.24. The van der Waals surface area contributed by atoms with Crippen molar-refractivity contribution in [3.8, 4) is 17.2 Å². The lowest BCUT2D eigenvalue weighted by Crippen LogP contribution is -2.21. The highest BCUT2D eigenvalue weighted by atomic mass is 16.7. The topological polar surface area (TPSA) is 39.7 Å². The van der Waals surface area contributed by atoms with Crippen molar-refractivity contribution in [2.24, 2.45) is 0 Å². The lowest BCUT2D eigenvalue weighted by molar-refractivity contribution is 0.152. The number of rotatable bonds is 5. The Morgan fingerprint density at radius 2 is 1.76 bits per heavy atom. The third-order valence-electron chi connectivity index (χ3n) is 4.56. The molecule has 0 radical (unpaired) electrons. The van der Waals surface area contributed by atoms with Gasteiger partial charge in [-0.2, -0.15) is 0 Å². The number of nitrogens with one attached hydrogen (secondary N) is 1. The van der Waals surface area contributed by atoms with Crippen LogP contribution in [0, 0.1) is 0 Å². The summed E-state index contributed by atoms with van der Waals surface area (Å²) in [5, 5.41) is 3.57. The number of fused-ring (bicyclic) bond motifs is 1. The van der Waals surface area contributed by atoms with Gasteiger partial charge in [-0.3, -0.25) is 0 Å². The molecule has 0 aromatic heterocycles. The molecule has 0 saturated heterocycles. The van der Waals surface area contributed by atoms with Gasteiger partial charge >= 0.3 is 0 Å². The van der Waals surface area contributed by atoms with Crippen LogP contribution in [0.1, 0.15) is 50.5 Å². The second-order valence-electron chi connectivity index (χ2n) is 6.35. The first-order valence-electron chi connectivity index (χ1n) is 8.21. The molecule has 1 heterocycles. The summed E-state index contributed by atoms with van der Waals surface area (Å²) in [6.45, 7) is 1.17. The molecular weight excluding hydrogens is 266 g/mol. The van der Waals surface area contributed by atoms with Crippen LogP contribution in [0.2, 0.25) is 0 Å². The van der Waals surface area contributed by atoms with E-state index in [4.69, 9.17) is 14.2 Å². The van der Waals surface area contributed by atoms with Gasteiger partial charge in [0.1, 0.15) is 5.75 Å². The lowest BCUT2D eigenvalue weighted by Gasteiger charge is -2.24. The standard InChI is InChI=1S/C17H23NO3/c1-2-4-14(5-3-1)21-15-9-17-16(19-11-20-17)8-12(15)10-18-13-6-7-13/h8-9,13-14,18H,1-7,10-11H2. The highest BCUT2D eigenvalue weighted by molar-refractivity contribution is 5.52. The van der Waals surface area contributed by atoms with Gasteiger partial charge in [-0.1, -0.05) is 6.42 Å². The molecule has 1 aromatic rings. The molecule has 1 aliphatic heterocycles. The van der Waals surface area contributed by atoms with E-state index in [1.54, 1.807) is 0 Å². The molecular formula is C17H23NO3. The third kappa shape index (κ3) is 3.10. The van der Waals surface area contributed by atoms with Crippen LogP contribution in [0.3, 0.4) is 0 Å². The van der Waals surface area contributed by atoms with Crippen LogP contribution in [-0.2, 0) is 6.54 Å². The number of benzene rings is 1. The first-order valence-corrected chi connectivity index (χ1v) is 8.21. The molecule has 4 nitrogen and oxygen atoms in total. The molecule has 2 saturated carbocycles. The zero-order chi connectivity index (χ0) is 14.1. The van der Waals surface area contributed by atoms with E-state index in [1.807, 2.05) is 6.07 Å². The van der Waals surface area contributed by atoms with Crippen LogP contribution in [0.25, 0.3) is 0 Å². The summed E-state index contributed by atoms with van der Waals surface area (Å²) < 4.78 is 17.3. The normalized spacial score (nSPS) is 21.5. The first-order chi connectivity index (χ1) is 10.4. The van der Waals surface area contributed by atoms with Crippen molar-refractivity contribution in [1.29, 1.82) is 0 Å². The summed E-state index contributed by atoms with van der Waals surface area (Å²) in [4.78, 5) is 0. The van der Waals surface area contributed by atoms with E-state index < -0.39 is 0 Å². The minimum absolute atomic E-state index is 0.317. The summed E-state index contributed by atoms with van der Waals surface area (Å²) in [6.07, 6.45) is 9.20. The molecule has 0 atom stereocenters. The second kappa shape index (κ2) is 5.76. The van der Waals surface area contributed by atoms with Gasteiger partial charge in [-0.25, -0.2) is 0 Å². The maximum atomic E-state index is 6.29. The van der Waals surface area contributed by atoms with Gasteiger partial charge in [0.2, 0.25) is 6.79 Å². The van der Waals surface area contributed by atoms with Gasteiger partial charge in [-0.05, 0) is 44.6 Å². The van der Waals surface area contributed by atoms with Crippen molar-refractivity contribution in [3.63, 3.8) is 0 Å². The molecule has 1 aromatic carbocycles. The van der Waals surface area contributed by atoms with Crippen LogP contribution in [0.4, 0.5) is 0 Å². The Balaban J connectivity index is 1.53. The highest BCUT2D eigenvalue weighted by Crippen LogP contribution is 2.39. The smallest absolute Gasteiger partial charge is 0.231 e. The summed E-state index contributed by atoms with van der Waals surface area (Å²) in [5.41, 5.74) is 1.19. The molecule has 1 N–H and O–H groups in total. The molecule has 21 heavy (non-hydrogen) atoms. The van der Waals surface area contributed by atoms with E-state index >= 15 is 0 Å². The van der Waals surface area contributed by atoms with Gasteiger partial charge in [0.05, 0.1) is 6.10 Å². The van der Waals surface area contributed by atoms with Crippen molar-refractivity contribution in [1.82, 2.24) is 5.32 Å². The summed E-state index contributed by atoms with van der Waals surface area (Å²) in [7, 11) is 0. The lowest BCUT2D eigenvalue weighted by atomic mass is 9.97. The largest absolute Gasteiger partial charge is 0.490 e. The Bertz CT molecular complexity index is 507. The minimum atomic E-state index is 0.317. The van der Waals surface area contributed by atoms with Crippen molar-refractivity contribution in [2.45, 2.75) is 63.6 Å². The second-order valence-corrected chi connectivity index (χ2v) is 6.35. The van der Waals surface area contributed by atoms with Crippen molar-refractivity contribution >= 4 is 0 Å². The van der Waals surface area contributed by atoms with Gasteiger partial charge in [0.15, 0.2) is 11.5 Å². The maximum Gasteiger partial charge on any atom is 0.231 e. The van der Waals surface area contributed by atoms with Crippen LogP contribution < -0.4 is 19.5 Å². The van der Waals surface area contributed by atoms with Crippen LogP contribution in [-0.4, -0.2) is 18.9 Å². The molecule has 0 unspecified atom stereocenters. The van der Waals surface area contributed by atoms with Crippen molar-refractivity contribution < 1.29 is 14.2 Å². The zero-order valence-corrected chi connectivity index (χ0v) is 12.4. The molecule has 2 aliphatic carbocycles. The minimum Gasteiger partial charge on any atom is -0.490 e. The molecule has 114 valence electrons. The predicted octanol–water partition coefficient (Wildman–Crippen LogP) is 3.38. The Kier molecular flexibility index (Phi) is 3.63. The van der Waals surface area contributed by atoms with Gasteiger partial charge in [0, 0.05) is 24.2 Å². The number of hydrogen-bond donors (Lipinski definition) is 1. The molecule has 0 bridgehead atoms. The molecule has 4 heteroatoms. The summed E-state index contributed by atoms with van der Waals surface area (Å²) >= 11 is 0. The van der Waals surface area contributed by atoms with Crippen molar-refractivity contribution in [2.75, 3.05) is 6.79 Å². The van der Waals surface area contributed by atoms with E-state index in [0.29, 0.717) is 18.9 Å². The first kappa shape index (κ1) is 13.3. The molecule has 4 rings (SSSR count). The van der Waals surface area contributed by atoms with E-state index in [-0.39, 0.29) is 0 Å². The zero-order valence-electron chi connectivity index (χ0n) is 12.4. The van der Waals surface area contributed by atoms with Crippen molar-refractivity contribution in [3.05, 3.63) is 17.7 Å². The fourth-order valence-corrected chi connectivity index (χ4v) is 3.12. The van der Waals surface area contributed by atoms with Crippen LogP contribution in [0.15, 0.2) is 12.1 Å². The quantitative estimate of drug-likeness (QED) is 0.902. The SMILES string of the molecule is c1c(CNC2CC2)c(OC2CCCCC2)cc2c1OCO2. The predicted molar refractivity (Wildman–Crippen MR) is 79.9 cm³/mol. The fraction of sp³-hybridized carbons (Fsp3) is 0.647. The van der Waals surface area contributed by atoms with Gasteiger partial charge < -0.3 is 19.5 Å². The average Bonchev–Trinajstić information content (AvgIpc) is 3.23. The molecule has 0 amide bonds. The van der Waals surface area contributed by atoms with Crippen LogP contribution in [0.5, 0.6) is 17.2 Å². The Morgan fingerprint density at radius 3 is 2.52 bits per heavy atom. The van der Waals surface area contributed by atoms with E-state index in [2.05, 4.69) is 11.4 Å². The average molecular weight is 289 g/mol. The monoisotopic (exact) mass is 289 g/mol. The Hall–Kier alpha value is -1.42. The summed E-state index contributed by atoms with van der Waals surface area (Å²) in [5.74, 6) is 2.63. The third-order valence-corrected chi connectivity index (χ3v) is 4.56. The Labute approximate surface area is 125 Å². The fourth-order valence-electron chi connectivity index (χ4n) is 3.12. The summed E-state index contributed by atoms with van der Waals surface area (Å²) in [6, 6.07) is 4.79. The van der Waals surface area contributed by atoms with E-state index in [0.717, 1.165) is 23.8 Å². The van der Waals surface area contributed by atoms with E-state index in [9.17, 15) is 0 Å². The van der Waals surface area contributed by atoms with Gasteiger partial charge in [0.25, 0.3) is 0 Å². The maximum absolute atomic E-state index is 6.29.